The van der Waals surface area contributed by atoms with Crippen molar-refractivity contribution in [3.8, 4) is 17.1 Å². The van der Waals surface area contributed by atoms with Crippen molar-refractivity contribution in [3.63, 3.8) is 0 Å². The standard InChI is InChI=1S/C22H24F3N9O/c1-13(2)35-18-7-4-15(8-27-18)16-5-6-17-19(31-16)20(28-10-22(23,24)25)33-21(32-17)30-14(3)9-34-12-26-11-29-34/h4-8,11-14H,9-10H2,1-3H3,(H2,28,30,32,33)/t14-/m1/s1. The molecule has 4 aromatic rings. The van der Waals surface area contributed by atoms with Gasteiger partial charge in [-0.15, -0.1) is 0 Å². The van der Waals surface area contributed by atoms with Crippen LogP contribution < -0.4 is 15.4 Å². The first-order chi connectivity index (χ1) is 16.7. The number of nitrogens with zero attached hydrogens (tertiary/aromatic N) is 7. The number of ether oxygens (including phenoxy) is 1. The summed E-state index contributed by atoms with van der Waals surface area (Å²) in [5, 5.41) is 9.49. The van der Waals surface area contributed by atoms with Crippen molar-refractivity contribution in [2.45, 2.75) is 45.6 Å². The minimum Gasteiger partial charge on any atom is -0.475 e. The molecule has 1 atom stereocenters. The lowest BCUT2D eigenvalue weighted by Crippen LogP contribution is -2.25. The Bertz CT molecular complexity index is 1260. The van der Waals surface area contributed by atoms with Crippen LogP contribution in [0.4, 0.5) is 24.9 Å². The fourth-order valence-corrected chi connectivity index (χ4v) is 3.26. The molecule has 0 aliphatic heterocycles. The van der Waals surface area contributed by atoms with Crippen LogP contribution in [0.25, 0.3) is 22.3 Å². The maximum Gasteiger partial charge on any atom is 0.405 e. The van der Waals surface area contributed by atoms with Crippen molar-refractivity contribution in [1.82, 2.24) is 34.7 Å². The van der Waals surface area contributed by atoms with Crippen LogP contribution in [0.3, 0.4) is 0 Å². The number of pyridine rings is 2. The Balaban J connectivity index is 1.64. The molecule has 0 spiro atoms. The van der Waals surface area contributed by atoms with Crippen molar-refractivity contribution < 1.29 is 17.9 Å². The van der Waals surface area contributed by atoms with Crippen LogP contribution in [-0.2, 0) is 6.54 Å². The van der Waals surface area contributed by atoms with Gasteiger partial charge < -0.3 is 15.4 Å². The van der Waals surface area contributed by atoms with Gasteiger partial charge in [0.2, 0.25) is 11.8 Å². The Morgan fingerprint density at radius 3 is 2.54 bits per heavy atom. The molecule has 0 aliphatic carbocycles. The number of anilines is 2. The Kier molecular flexibility index (Phi) is 6.94. The average molecular weight is 487 g/mol. The zero-order chi connectivity index (χ0) is 25.0. The zero-order valence-corrected chi connectivity index (χ0v) is 19.3. The first kappa shape index (κ1) is 24.1. The molecule has 10 nitrogen and oxygen atoms in total. The highest BCUT2D eigenvalue weighted by Crippen LogP contribution is 2.27. The average Bonchev–Trinajstić information content (AvgIpc) is 3.29. The summed E-state index contributed by atoms with van der Waals surface area (Å²) in [6, 6.07) is 6.73. The highest BCUT2D eigenvalue weighted by atomic mass is 19.4. The molecule has 0 aromatic carbocycles. The van der Waals surface area contributed by atoms with E-state index >= 15 is 0 Å². The molecule has 2 N–H and O–H groups in total. The van der Waals surface area contributed by atoms with Crippen LogP contribution in [0.5, 0.6) is 5.88 Å². The maximum atomic E-state index is 13.0. The maximum absolute atomic E-state index is 13.0. The van der Waals surface area contributed by atoms with Crippen LogP contribution in [-0.4, -0.2) is 59.6 Å². The molecule has 0 aliphatic rings. The van der Waals surface area contributed by atoms with Gasteiger partial charge in [-0.2, -0.15) is 23.3 Å². The summed E-state index contributed by atoms with van der Waals surface area (Å²) in [7, 11) is 0. The van der Waals surface area contributed by atoms with Gasteiger partial charge in [0, 0.05) is 23.9 Å². The highest BCUT2D eigenvalue weighted by molar-refractivity contribution is 5.88. The predicted molar refractivity (Wildman–Crippen MR) is 124 cm³/mol. The van der Waals surface area contributed by atoms with E-state index in [1.54, 1.807) is 41.5 Å². The monoisotopic (exact) mass is 487 g/mol. The fourth-order valence-electron chi connectivity index (χ4n) is 3.26. The van der Waals surface area contributed by atoms with Crippen LogP contribution in [0.2, 0.25) is 0 Å². The van der Waals surface area contributed by atoms with E-state index in [9.17, 15) is 13.2 Å². The molecule has 4 aromatic heterocycles. The SMILES string of the molecule is CC(C)Oc1ccc(-c2ccc3nc(N[C@H](C)Cn4cncn4)nc(NCC(F)(F)F)c3n2)cn1. The van der Waals surface area contributed by atoms with Crippen molar-refractivity contribution in [1.29, 1.82) is 0 Å². The van der Waals surface area contributed by atoms with Gasteiger partial charge in [0.15, 0.2) is 5.82 Å². The molecule has 35 heavy (non-hydrogen) atoms. The normalized spacial score (nSPS) is 12.7. The summed E-state index contributed by atoms with van der Waals surface area (Å²) in [6.07, 6.45) is 0.129. The van der Waals surface area contributed by atoms with Gasteiger partial charge in [0.05, 0.1) is 23.9 Å². The number of alkyl halides is 3. The van der Waals surface area contributed by atoms with Crippen molar-refractivity contribution >= 4 is 22.8 Å². The summed E-state index contributed by atoms with van der Waals surface area (Å²) >= 11 is 0. The quantitative estimate of drug-likeness (QED) is 0.362. The molecule has 4 heterocycles. The van der Waals surface area contributed by atoms with Crippen molar-refractivity contribution in [2.24, 2.45) is 0 Å². The molecule has 0 saturated carbocycles. The summed E-state index contributed by atoms with van der Waals surface area (Å²) in [4.78, 5) is 21.4. The van der Waals surface area contributed by atoms with E-state index in [1.165, 1.54) is 6.33 Å². The Hall–Kier alpha value is -4.03. The summed E-state index contributed by atoms with van der Waals surface area (Å²) in [5.74, 6) is 0.606. The van der Waals surface area contributed by atoms with Gasteiger partial charge in [-0.3, -0.25) is 4.68 Å². The zero-order valence-electron chi connectivity index (χ0n) is 19.3. The van der Waals surface area contributed by atoms with E-state index in [0.29, 0.717) is 29.2 Å². The largest absolute Gasteiger partial charge is 0.475 e. The number of hydrogen-bond donors (Lipinski definition) is 2. The summed E-state index contributed by atoms with van der Waals surface area (Å²) < 4.78 is 46.1. The third-order valence-electron chi connectivity index (χ3n) is 4.69. The fraction of sp³-hybridized carbons (Fsp3) is 0.364. The van der Waals surface area contributed by atoms with Gasteiger partial charge in [-0.25, -0.2) is 19.9 Å². The molecule has 13 heteroatoms. The molecule has 0 fully saturated rings. The molecular weight excluding hydrogens is 463 g/mol. The van der Waals surface area contributed by atoms with Crippen molar-refractivity contribution in [2.75, 3.05) is 17.2 Å². The molecule has 0 saturated heterocycles. The lowest BCUT2D eigenvalue weighted by atomic mass is 10.2. The Morgan fingerprint density at radius 2 is 1.89 bits per heavy atom. The number of fused-ring (bicyclic) bond motifs is 1. The molecule has 0 radical (unpaired) electrons. The second-order valence-corrected chi connectivity index (χ2v) is 8.14. The van der Waals surface area contributed by atoms with E-state index in [1.807, 2.05) is 20.8 Å². The minimum absolute atomic E-state index is 0.0201. The molecule has 4 rings (SSSR count). The van der Waals surface area contributed by atoms with Gasteiger partial charge >= 0.3 is 6.18 Å². The number of hydrogen-bond acceptors (Lipinski definition) is 9. The molecule has 0 amide bonds. The molecule has 184 valence electrons. The third kappa shape index (κ3) is 6.52. The van der Waals surface area contributed by atoms with Crippen LogP contribution in [0, 0.1) is 0 Å². The van der Waals surface area contributed by atoms with Crippen LogP contribution >= 0.6 is 0 Å². The van der Waals surface area contributed by atoms with Gasteiger partial charge in [0.25, 0.3) is 0 Å². The van der Waals surface area contributed by atoms with Gasteiger partial charge in [0.1, 0.15) is 24.7 Å². The lowest BCUT2D eigenvalue weighted by molar-refractivity contribution is -0.115. The molecule has 0 unspecified atom stereocenters. The number of nitrogens with one attached hydrogen (secondary N) is 2. The highest BCUT2D eigenvalue weighted by Gasteiger charge is 2.27. The Morgan fingerprint density at radius 1 is 1.06 bits per heavy atom. The van der Waals surface area contributed by atoms with E-state index in [-0.39, 0.29) is 29.4 Å². The first-order valence-electron chi connectivity index (χ1n) is 10.9. The number of aromatic nitrogens is 7. The molecule has 0 bridgehead atoms. The topological polar surface area (TPSA) is 116 Å². The number of rotatable bonds is 9. The van der Waals surface area contributed by atoms with Crippen LogP contribution in [0.15, 0.2) is 43.1 Å². The second kappa shape index (κ2) is 10.1. The van der Waals surface area contributed by atoms with Crippen molar-refractivity contribution in [3.05, 3.63) is 43.1 Å². The first-order valence-corrected chi connectivity index (χ1v) is 10.9. The predicted octanol–water partition coefficient (Wildman–Crippen LogP) is 3.94. The minimum atomic E-state index is -4.43. The second-order valence-electron chi connectivity index (χ2n) is 8.14. The van der Waals surface area contributed by atoms with Gasteiger partial charge in [-0.1, -0.05) is 0 Å². The molecular formula is C22H24F3N9O. The Labute approximate surface area is 199 Å². The van der Waals surface area contributed by atoms with Crippen LogP contribution in [0.1, 0.15) is 20.8 Å². The lowest BCUT2D eigenvalue weighted by Gasteiger charge is -2.16. The third-order valence-corrected chi connectivity index (χ3v) is 4.69. The summed E-state index contributed by atoms with van der Waals surface area (Å²) in [5.41, 5.74) is 1.79. The van der Waals surface area contributed by atoms with E-state index in [0.717, 1.165) is 0 Å². The summed E-state index contributed by atoms with van der Waals surface area (Å²) in [6.45, 7) is 4.87. The van der Waals surface area contributed by atoms with E-state index < -0.39 is 12.7 Å². The van der Waals surface area contributed by atoms with E-state index in [2.05, 4.69) is 40.7 Å². The smallest absolute Gasteiger partial charge is 0.405 e. The van der Waals surface area contributed by atoms with E-state index in [4.69, 9.17) is 4.74 Å². The van der Waals surface area contributed by atoms with Gasteiger partial charge in [-0.05, 0) is 39.0 Å². The number of halogens is 3.